The van der Waals surface area contributed by atoms with Gasteiger partial charge in [0, 0.05) is 12.0 Å². The van der Waals surface area contributed by atoms with Crippen LogP contribution in [0.2, 0.25) is 0 Å². The van der Waals surface area contributed by atoms with Gasteiger partial charge in [0.1, 0.15) is 5.78 Å². The van der Waals surface area contributed by atoms with E-state index in [-0.39, 0.29) is 12.2 Å². The van der Waals surface area contributed by atoms with Gasteiger partial charge in [0.2, 0.25) is 0 Å². The monoisotopic (exact) mass is 219 g/mol. The molecule has 4 nitrogen and oxygen atoms in total. The minimum atomic E-state index is -1.70. The van der Waals surface area contributed by atoms with Gasteiger partial charge in [0.15, 0.2) is 5.60 Å². The summed E-state index contributed by atoms with van der Waals surface area (Å²) in [4.78, 5) is 22.8. The number of aliphatic hydroxyl groups is 1. The van der Waals surface area contributed by atoms with Crippen LogP contribution in [0.1, 0.15) is 24.5 Å². The molecule has 1 aliphatic heterocycles. The van der Waals surface area contributed by atoms with E-state index in [4.69, 9.17) is 0 Å². The Balaban J connectivity index is 2.55. The topological polar surface area (TPSA) is 66.4 Å². The molecule has 1 aliphatic rings. The van der Waals surface area contributed by atoms with Gasteiger partial charge >= 0.3 is 0 Å². The predicted molar refractivity (Wildman–Crippen MR) is 59.0 cm³/mol. The molecule has 1 atom stereocenters. The number of hydrogen-bond donors (Lipinski definition) is 2. The first-order valence-corrected chi connectivity index (χ1v) is 5.08. The predicted octanol–water partition coefficient (Wildman–Crippen LogP) is 1.11. The van der Waals surface area contributed by atoms with Gasteiger partial charge < -0.3 is 10.4 Å². The number of para-hydroxylation sites is 1. The summed E-state index contributed by atoms with van der Waals surface area (Å²) in [5.41, 5.74) is 0.293. The van der Waals surface area contributed by atoms with Crippen molar-refractivity contribution < 1.29 is 14.7 Å². The molecule has 0 aliphatic carbocycles. The van der Waals surface area contributed by atoms with E-state index in [9.17, 15) is 14.7 Å². The number of ketones is 1. The van der Waals surface area contributed by atoms with Crippen LogP contribution in [-0.4, -0.2) is 16.8 Å². The lowest BCUT2D eigenvalue weighted by atomic mass is 9.89. The van der Waals surface area contributed by atoms with E-state index in [1.54, 1.807) is 12.1 Å². The average molecular weight is 219 g/mol. The fraction of sp³-hybridized carbons (Fsp3) is 0.333. The molecule has 2 rings (SSSR count). The zero-order valence-electron chi connectivity index (χ0n) is 9.20. The van der Waals surface area contributed by atoms with E-state index in [1.165, 1.54) is 6.92 Å². The zero-order valence-corrected chi connectivity index (χ0v) is 9.20. The van der Waals surface area contributed by atoms with Gasteiger partial charge in [-0.05, 0) is 19.4 Å². The summed E-state index contributed by atoms with van der Waals surface area (Å²) >= 11 is 0. The van der Waals surface area contributed by atoms with Crippen molar-refractivity contribution in [3.8, 4) is 0 Å². The van der Waals surface area contributed by atoms with Gasteiger partial charge in [-0.15, -0.1) is 0 Å². The largest absolute Gasteiger partial charge is 0.375 e. The second kappa shape index (κ2) is 3.42. The molecule has 84 valence electrons. The van der Waals surface area contributed by atoms with Gasteiger partial charge in [-0.25, -0.2) is 0 Å². The number of aryl methyl sites for hydroxylation is 1. The fourth-order valence-electron chi connectivity index (χ4n) is 2.05. The Bertz CT molecular complexity index is 481. The van der Waals surface area contributed by atoms with E-state index in [0.717, 1.165) is 5.56 Å². The summed E-state index contributed by atoms with van der Waals surface area (Å²) < 4.78 is 0. The highest BCUT2D eigenvalue weighted by molar-refractivity contribution is 6.07. The van der Waals surface area contributed by atoms with Crippen LogP contribution >= 0.6 is 0 Å². The van der Waals surface area contributed by atoms with Crippen LogP contribution in [0.25, 0.3) is 0 Å². The third-order valence-corrected chi connectivity index (χ3v) is 2.84. The van der Waals surface area contributed by atoms with Crippen LogP contribution in [0.4, 0.5) is 5.69 Å². The van der Waals surface area contributed by atoms with Crippen molar-refractivity contribution in [1.29, 1.82) is 0 Å². The molecular formula is C12H13NO3. The molecule has 4 heteroatoms. The molecule has 1 aromatic rings. The number of hydrogen-bond acceptors (Lipinski definition) is 3. The quantitative estimate of drug-likeness (QED) is 0.783. The van der Waals surface area contributed by atoms with Crippen LogP contribution in [0, 0.1) is 6.92 Å². The highest BCUT2D eigenvalue weighted by Gasteiger charge is 2.46. The van der Waals surface area contributed by atoms with Crippen molar-refractivity contribution in [2.24, 2.45) is 0 Å². The maximum atomic E-state index is 11.7. The molecule has 1 aromatic carbocycles. The molecule has 0 spiro atoms. The zero-order chi connectivity index (χ0) is 11.9. The number of fused-ring (bicyclic) bond motifs is 1. The standard InChI is InChI=1S/C12H13NO3/c1-7-4-3-5-9-10(7)13-11(15)12(9,16)6-8(2)14/h3-5,16H,6H2,1-2H3,(H,13,15)/t12-/m1/s1. The molecule has 16 heavy (non-hydrogen) atoms. The van der Waals surface area contributed by atoms with Crippen molar-refractivity contribution in [2.75, 3.05) is 5.32 Å². The lowest BCUT2D eigenvalue weighted by molar-refractivity contribution is -0.139. The number of Topliss-reactive ketones (excluding diaryl/α,β-unsaturated/α-hetero) is 1. The molecular weight excluding hydrogens is 206 g/mol. The molecule has 1 amide bonds. The molecule has 0 saturated heterocycles. The Morgan fingerprint density at radius 2 is 2.19 bits per heavy atom. The molecule has 2 N–H and O–H groups in total. The molecule has 0 aromatic heterocycles. The molecule has 0 bridgehead atoms. The first kappa shape index (κ1) is 10.8. The van der Waals surface area contributed by atoms with E-state index in [0.29, 0.717) is 11.3 Å². The Labute approximate surface area is 93.3 Å². The number of carbonyl (C=O) groups is 2. The number of amides is 1. The molecule has 0 fully saturated rings. The third-order valence-electron chi connectivity index (χ3n) is 2.84. The van der Waals surface area contributed by atoms with Crippen molar-refractivity contribution in [3.05, 3.63) is 29.3 Å². The minimum Gasteiger partial charge on any atom is -0.375 e. The maximum absolute atomic E-state index is 11.7. The SMILES string of the molecule is CC(=O)C[C@]1(O)C(=O)Nc2c(C)cccc21. The smallest absolute Gasteiger partial charge is 0.261 e. The second-order valence-electron chi connectivity index (χ2n) is 4.19. The number of carbonyl (C=O) groups excluding carboxylic acids is 2. The summed E-state index contributed by atoms with van der Waals surface area (Å²) in [6.07, 6.45) is -0.185. The first-order valence-electron chi connectivity index (χ1n) is 5.08. The lowest BCUT2D eigenvalue weighted by Crippen LogP contribution is -2.35. The first-order chi connectivity index (χ1) is 7.45. The van der Waals surface area contributed by atoms with E-state index < -0.39 is 11.5 Å². The highest BCUT2D eigenvalue weighted by atomic mass is 16.3. The van der Waals surface area contributed by atoms with Gasteiger partial charge in [-0.2, -0.15) is 0 Å². The van der Waals surface area contributed by atoms with Gasteiger partial charge in [0.25, 0.3) is 5.91 Å². The van der Waals surface area contributed by atoms with Crippen LogP contribution in [-0.2, 0) is 15.2 Å². The normalized spacial score (nSPS) is 22.8. The Hall–Kier alpha value is -1.68. The van der Waals surface area contributed by atoms with Crippen molar-refractivity contribution in [3.63, 3.8) is 0 Å². The van der Waals surface area contributed by atoms with Gasteiger partial charge in [-0.1, -0.05) is 18.2 Å². The van der Waals surface area contributed by atoms with E-state index >= 15 is 0 Å². The number of anilines is 1. The molecule has 0 saturated carbocycles. The van der Waals surface area contributed by atoms with Gasteiger partial charge in [0.05, 0.1) is 5.69 Å². The highest BCUT2D eigenvalue weighted by Crippen LogP contribution is 2.39. The van der Waals surface area contributed by atoms with Crippen molar-refractivity contribution in [1.82, 2.24) is 0 Å². The average Bonchev–Trinajstić information content (AvgIpc) is 2.41. The number of nitrogens with one attached hydrogen (secondary N) is 1. The van der Waals surface area contributed by atoms with Crippen molar-refractivity contribution in [2.45, 2.75) is 25.9 Å². The Kier molecular flexibility index (Phi) is 2.31. The van der Waals surface area contributed by atoms with Gasteiger partial charge in [-0.3, -0.25) is 9.59 Å². The number of benzene rings is 1. The summed E-state index contributed by atoms with van der Waals surface area (Å²) in [5.74, 6) is -0.737. The Morgan fingerprint density at radius 3 is 2.81 bits per heavy atom. The maximum Gasteiger partial charge on any atom is 0.261 e. The fourth-order valence-corrected chi connectivity index (χ4v) is 2.05. The van der Waals surface area contributed by atoms with Crippen LogP contribution in [0.3, 0.4) is 0 Å². The third kappa shape index (κ3) is 1.42. The van der Waals surface area contributed by atoms with Crippen LogP contribution in [0.5, 0.6) is 0 Å². The minimum absolute atomic E-state index is 0.185. The summed E-state index contributed by atoms with van der Waals surface area (Å²) in [7, 11) is 0. The summed E-state index contributed by atoms with van der Waals surface area (Å²) in [6, 6.07) is 5.28. The lowest BCUT2D eigenvalue weighted by Gasteiger charge is -2.18. The Morgan fingerprint density at radius 1 is 1.50 bits per heavy atom. The number of rotatable bonds is 2. The van der Waals surface area contributed by atoms with Crippen molar-refractivity contribution >= 4 is 17.4 Å². The van der Waals surface area contributed by atoms with E-state index in [1.807, 2.05) is 13.0 Å². The molecule has 0 radical (unpaired) electrons. The summed E-state index contributed by atoms with van der Waals surface area (Å²) in [6.45, 7) is 3.21. The summed E-state index contributed by atoms with van der Waals surface area (Å²) in [5, 5.41) is 12.9. The molecule has 0 unspecified atom stereocenters. The second-order valence-corrected chi connectivity index (χ2v) is 4.19. The molecule has 1 heterocycles. The van der Waals surface area contributed by atoms with E-state index in [2.05, 4.69) is 5.32 Å². The van der Waals surface area contributed by atoms with Crippen LogP contribution < -0.4 is 5.32 Å². The van der Waals surface area contributed by atoms with Crippen LogP contribution in [0.15, 0.2) is 18.2 Å².